The Kier molecular flexibility index (Phi) is 7.00. The zero-order valence-corrected chi connectivity index (χ0v) is 17.5. The lowest BCUT2D eigenvalue weighted by Crippen LogP contribution is -2.21. The van der Waals surface area contributed by atoms with Gasteiger partial charge in [0.15, 0.2) is 5.62 Å². The minimum absolute atomic E-state index is 0.0155. The molecule has 0 aromatic heterocycles. The molecule has 128 valence electrons. The molecule has 0 radical (unpaired) electrons. The van der Waals surface area contributed by atoms with Crippen LogP contribution in [0.1, 0.15) is 0 Å². The molecule has 0 amide bonds. The molecule has 0 bridgehead atoms. The topological polar surface area (TPSA) is 42.0 Å². The van der Waals surface area contributed by atoms with Gasteiger partial charge in [-0.15, -0.1) is 12.3 Å². The Hall–Kier alpha value is 0.380. The predicted molar refractivity (Wildman–Crippen MR) is 104 cm³/mol. The van der Waals surface area contributed by atoms with E-state index in [1.165, 1.54) is 16.1 Å². The highest BCUT2D eigenvalue weighted by molar-refractivity contribution is 8.68. The Morgan fingerprint density at radius 1 is 1.17 bits per heavy atom. The van der Waals surface area contributed by atoms with Crippen LogP contribution >= 0.6 is 35.1 Å². The van der Waals surface area contributed by atoms with Gasteiger partial charge in [-0.25, -0.2) is 0 Å². The van der Waals surface area contributed by atoms with Gasteiger partial charge in [-0.3, -0.25) is 13.9 Å². The molecule has 2 aliphatic heterocycles. The van der Waals surface area contributed by atoms with Gasteiger partial charge in [0.2, 0.25) is 0 Å². The fraction of sp³-hybridized carbons (Fsp3) is 0.692. The number of hydrogen-bond acceptors (Lipinski definition) is 6. The summed E-state index contributed by atoms with van der Waals surface area (Å²) in [6.45, 7) is -2.12. The highest BCUT2D eigenvalue weighted by Gasteiger charge is 2.35. The summed E-state index contributed by atoms with van der Waals surface area (Å²) in [6.07, 6.45) is 5.37. The van der Waals surface area contributed by atoms with Gasteiger partial charge >= 0.3 is 6.72 Å². The average molecular weight is 410 g/mol. The maximum Gasteiger partial charge on any atom is 0.360 e. The van der Waals surface area contributed by atoms with E-state index in [0.29, 0.717) is 19.0 Å². The fourth-order valence-electron chi connectivity index (χ4n) is 1.74. The molecule has 2 rings (SSSR count). The molecule has 2 heterocycles. The predicted octanol–water partition coefficient (Wildman–Crippen LogP) is 3.17. The molecule has 10 heteroatoms. The highest BCUT2D eigenvalue weighted by atomic mass is 32.9. The summed E-state index contributed by atoms with van der Waals surface area (Å²) in [5.41, 5.74) is -1.92. The molecule has 0 aliphatic carbocycles. The van der Waals surface area contributed by atoms with E-state index in [9.17, 15) is 4.57 Å². The molecule has 5 nitrogen and oxygen atoms in total. The van der Waals surface area contributed by atoms with Crippen molar-refractivity contribution in [2.24, 2.45) is 11.8 Å². The van der Waals surface area contributed by atoms with Crippen LogP contribution in [0.2, 0.25) is 0 Å². The van der Waals surface area contributed by atoms with Gasteiger partial charge in [0.1, 0.15) is 0 Å². The third-order valence-corrected chi connectivity index (χ3v) is 15.2. The lowest BCUT2D eigenvalue weighted by Gasteiger charge is -2.33. The first-order chi connectivity index (χ1) is 10.8. The minimum atomic E-state index is -2.95. The van der Waals surface area contributed by atoms with Crippen molar-refractivity contribution >= 4 is 46.9 Å². The fourth-order valence-corrected chi connectivity index (χ4v) is 9.81. The summed E-state index contributed by atoms with van der Waals surface area (Å²) in [5, 5.41) is 0. The molecule has 0 saturated carbocycles. The monoisotopic (exact) mass is 410 g/mol. The van der Waals surface area contributed by atoms with Crippen molar-refractivity contribution < 1.29 is 13.6 Å². The number of hydrogen-bond donors (Lipinski definition) is 0. The quantitative estimate of drug-likeness (QED) is 0.391. The zero-order valence-electron chi connectivity index (χ0n) is 13.3. The Morgan fingerprint density at radius 3 is 2.30 bits per heavy atom. The van der Waals surface area contributed by atoms with Crippen LogP contribution in [0.25, 0.3) is 0 Å². The standard InChI is InChI=1S/C13H20N2O3P2S3/c1-5-12-8-17-19(16,22-10-12)15(4)7-6-13-9-18-20(21,14(2)3)23-11-13/h1,12-13H,8-11H2,2-4H3. The van der Waals surface area contributed by atoms with Crippen LogP contribution in [0.15, 0.2) is 0 Å². The normalized spacial score (nSPS) is 37.5. The molecule has 2 aliphatic rings. The van der Waals surface area contributed by atoms with Crippen LogP contribution in [0.5, 0.6) is 0 Å². The van der Waals surface area contributed by atoms with Gasteiger partial charge < -0.3 is 9.05 Å². The van der Waals surface area contributed by atoms with Crippen molar-refractivity contribution in [2.45, 2.75) is 0 Å². The van der Waals surface area contributed by atoms with Crippen molar-refractivity contribution in [2.75, 3.05) is 45.9 Å². The Morgan fingerprint density at radius 2 is 1.83 bits per heavy atom. The molecule has 0 spiro atoms. The van der Waals surface area contributed by atoms with E-state index >= 15 is 0 Å². The van der Waals surface area contributed by atoms with Crippen molar-refractivity contribution in [1.82, 2.24) is 9.34 Å². The van der Waals surface area contributed by atoms with E-state index in [0.717, 1.165) is 5.75 Å². The third-order valence-electron chi connectivity index (χ3n) is 3.28. The number of nitrogens with zero attached hydrogens (tertiary/aromatic N) is 2. The molecule has 2 fully saturated rings. The van der Waals surface area contributed by atoms with Gasteiger partial charge in [0, 0.05) is 24.6 Å². The van der Waals surface area contributed by atoms with Crippen LogP contribution in [-0.2, 0) is 25.4 Å². The molecular formula is C13H20N2O3P2S3. The minimum Gasteiger partial charge on any atom is -0.329 e. The second-order valence-corrected chi connectivity index (χ2v) is 16.9. The molecule has 0 aromatic carbocycles. The summed E-state index contributed by atoms with van der Waals surface area (Å²) >= 11 is 8.45. The second-order valence-electron chi connectivity index (χ2n) is 5.31. The van der Waals surface area contributed by atoms with Crippen LogP contribution in [0, 0.1) is 36.1 Å². The van der Waals surface area contributed by atoms with Gasteiger partial charge in [-0.05, 0) is 37.3 Å². The summed E-state index contributed by atoms with van der Waals surface area (Å²) in [6, 6.07) is 2.95. The molecule has 2 saturated heterocycles. The lowest BCUT2D eigenvalue weighted by atomic mass is 10.2. The summed E-state index contributed by atoms with van der Waals surface area (Å²) in [4.78, 5) is 0. The maximum absolute atomic E-state index is 12.7. The van der Waals surface area contributed by atoms with Crippen molar-refractivity contribution in [3.8, 4) is 24.3 Å². The highest BCUT2D eigenvalue weighted by Crippen LogP contribution is 2.65. The van der Waals surface area contributed by atoms with E-state index in [-0.39, 0.29) is 11.8 Å². The second kappa shape index (κ2) is 8.17. The Labute approximate surface area is 151 Å². The first-order valence-electron chi connectivity index (χ1n) is 6.96. The molecule has 0 aromatic rings. The lowest BCUT2D eigenvalue weighted by molar-refractivity contribution is 0.274. The SMILES string of the molecule is C#CC1COP(=O)(N(C)C#CC2COP(=S)(N(C)C)SC2)SC1. The van der Waals surface area contributed by atoms with E-state index in [4.69, 9.17) is 27.3 Å². The van der Waals surface area contributed by atoms with Gasteiger partial charge in [-0.2, -0.15) is 0 Å². The van der Waals surface area contributed by atoms with Crippen LogP contribution in [0.3, 0.4) is 0 Å². The van der Waals surface area contributed by atoms with E-state index < -0.39 is 12.3 Å². The van der Waals surface area contributed by atoms with Crippen LogP contribution in [0.4, 0.5) is 0 Å². The largest absolute Gasteiger partial charge is 0.360 e. The van der Waals surface area contributed by atoms with Crippen molar-refractivity contribution in [1.29, 1.82) is 0 Å². The summed E-state index contributed by atoms with van der Waals surface area (Å²) in [5.74, 6) is 7.31. The summed E-state index contributed by atoms with van der Waals surface area (Å²) in [7, 11) is 5.58. The van der Waals surface area contributed by atoms with Crippen LogP contribution < -0.4 is 0 Å². The molecule has 23 heavy (non-hydrogen) atoms. The number of rotatable bonds is 2. The molecular weight excluding hydrogens is 390 g/mol. The van der Waals surface area contributed by atoms with Gasteiger partial charge in [0.05, 0.1) is 25.0 Å². The van der Waals surface area contributed by atoms with E-state index in [1.54, 1.807) is 18.4 Å². The van der Waals surface area contributed by atoms with Gasteiger partial charge in [-0.1, -0.05) is 17.3 Å². The molecule has 0 N–H and O–H groups in total. The number of terminal acetylenes is 1. The van der Waals surface area contributed by atoms with E-state index in [1.807, 2.05) is 18.8 Å². The first-order valence-corrected chi connectivity index (χ1v) is 14.4. The zero-order chi connectivity index (χ0) is 17.1. The maximum atomic E-state index is 12.7. The smallest absolute Gasteiger partial charge is 0.329 e. The van der Waals surface area contributed by atoms with E-state index in [2.05, 4.69) is 17.9 Å². The summed E-state index contributed by atoms with van der Waals surface area (Å²) < 4.78 is 27.5. The average Bonchev–Trinajstić information content (AvgIpc) is 2.54. The molecule has 4 unspecified atom stereocenters. The van der Waals surface area contributed by atoms with Crippen molar-refractivity contribution in [3.63, 3.8) is 0 Å². The van der Waals surface area contributed by atoms with Crippen molar-refractivity contribution in [3.05, 3.63) is 0 Å². The Bertz CT molecular complexity index is 617. The van der Waals surface area contributed by atoms with Crippen LogP contribution in [-0.4, -0.2) is 55.2 Å². The van der Waals surface area contributed by atoms with Gasteiger partial charge in [0.25, 0.3) is 0 Å². The Balaban J connectivity index is 1.91. The molecule has 4 atom stereocenters. The first kappa shape index (κ1) is 19.7. The third kappa shape index (κ3) is 4.94.